The van der Waals surface area contributed by atoms with Crippen molar-refractivity contribution in [3.63, 3.8) is 0 Å². The molecule has 4 heteroatoms. The van der Waals surface area contributed by atoms with Crippen molar-refractivity contribution >= 4 is 21.8 Å². The van der Waals surface area contributed by atoms with Crippen molar-refractivity contribution in [2.45, 2.75) is 50.0 Å². The van der Waals surface area contributed by atoms with Crippen LogP contribution in [0.2, 0.25) is 0 Å². The van der Waals surface area contributed by atoms with E-state index in [0.29, 0.717) is 12.5 Å². The predicted octanol–water partition coefficient (Wildman–Crippen LogP) is 1.83. The Morgan fingerprint density at radius 1 is 1.73 bits per heavy atom. The van der Waals surface area contributed by atoms with E-state index in [1.165, 1.54) is 6.42 Å². The number of carbonyl (C=O) groups excluding carboxylic acids is 1. The van der Waals surface area contributed by atoms with E-state index in [2.05, 4.69) is 28.2 Å². The highest BCUT2D eigenvalue weighted by Gasteiger charge is 2.32. The summed E-state index contributed by atoms with van der Waals surface area (Å²) in [5.74, 6) is 0.503. The molecule has 0 aromatic heterocycles. The third kappa shape index (κ3) is 4.11. The Balaban J connectivity index is 2.39. The molecule has 0 heterocycles. The molecular formula is C11H20BrNO2. The molecule has 0 aromatic rings. The lowest BCUT2D eigenvalue weighted by atomic mass is 9.79. The first-order valence-electron chi connectivity index (χ1n) is 5.57. The molecule has 0 bridgehead atoms. The Bertz CT molecular complexity index is 233. The number of aliphatic hydroxyl groups is 1. The number of alkyl halides is 1. The molecule has 0 radical (unpaired) electrons. The number of carbonyl (C=O) groups is 1. The molecule has 3 nitrogen and oxygen atoms in total. The smallest absolute Gasteiger partial charge is 0.233 e. The van der Waals surface area contributed by atoms with Crippen LogP contribution in [0, 0.1) is 5.92 Å². The molecule has 1 fully saturated rings. The maximum atomic E-state index is 11.3. The first-order valence-corrected chi connectivity index (χ1v) is 6.49. The van der Waals surface area contributed by atoms with Gasteiger partial charge in [-0.1, -0.05) is 35.7 Å². The topological polar surface area (TPSA) is 49.3 Å². The Labute approximate surface area is 99.8 Å². The van der Waals surface area contributed by atoms with Gasteiger partial charge in [-0.25, -0.2) is 0 Å². The molecule has 0 spiro atoms. The second-order valence-corrected chi connectivity index (χ2v) is 6.13. The summed E-state index contributed by atoms with van der Waals surface area (Å²) in [5.41, 5.74) is -0.685. The average Bonchev–Trinajstić information content (AvgIpc) is 2.13. The standard InChI is InChI=1S/C11H20BrNO2/c1-8-4-3-5-11(15,6-8)7-13-10(14)9(2)12/h8-9,15H,3-7H2,1-2H3,(H,13,14). The molecule has 1 saturated carbocycles. The summed E-state index contributed by atoms with van der Waals surface area (Å²) in [4.78, 5) is 11.1. The molecule has 0 saturated heterocycles. The zero-order chi connectivity index (χ0) is 11.5. The maximum absolute atomic E-state index is 11.3. The quantitative estimate of drug-likeness (QED) is 0.774. The highest BCUT2D eigenvalue weighted by molar-refractivity contribution is 9.10. The molecule has 0 aromatic carbocycles. The molecule has 88 valence electrons. The zero-order valence-electron chi connectivity index (χ0n) is 9.42. The molecular weight excluding hydrogens is 258 g/mol. The highest BCUT2D eigenvalue weighted by Crippen LogP contribution is 2.31. The summed E-state index contributed by atoms with van der Waals surface area (Å²) in [6.45, 7) is 4.31. The van der Waals surface area contributed by atoms with Crippen LogP contribution in [-0.4, -0.2) is 28.0 Å². The van der Waals surface area contributed by atoms with Gasteiger partial charge in [0, 0.05) is 6.54 Å². The van der Waals surface area contributed by atoms with Crippen molar-refractivity contribution < 1.29 is 9.90 Å². The van der Waals surface area contributed by atoms with E-state index in [-0.39, 0.29) is 10.7 Å². The molecule has 0 aliphatic heterocycles. The number of halogens is 1. The largest absolute Gasteiger partial charge is 0.388 e. The van der Waals surface area contributed by atoms with Gasteiger partial charge in [0.1, 0.15) is 0 Å². The predicted molar refractivity (Wildman–Crippen MR) is 64.0 cm³/mol. The summed E-state index contributed by atoms with van der Waals surface area (Å²) < 4.78 is 0. The van der Waals surface area contributed by atoms with Crippen molar-refractivity contribution in [3.8, 4) is 0 Å². The Hall–Kier alpha value is -0.0900. The average molecular weight is 278 g/mol. The number of hydrogen-bond acceptors (Lipinski definition) is 2. The fraction of sp³-hybridized carbons (Fsp3) is 0.909. The third-order valence-corrected chi connectivity index (χ3v) is 3.44. The fourth-order valence-corrected chi connectivity index (χ4v) is 2.35. The van der Waals surface area contributed by atoms with Gasteiger partial charge in [-0.2, -0.15) is 0 Å². The van der Waals surface area contributed by atoms with E-state index < -0.39 is 5.60 Å². The van der Waals surface area contributed by atoms with Crippen LogP contribution in [0.3, 0.4) is 0 Å². The summed E-state index contributed by atoms with van der Waals surface area (Å²) in [6.07, 6.45) is 3.83. The third-order valence-electron chi connectivity index (χ3n) is 3.02. The SMILES string of the molecule is CC1CCCC(O)(CNC(=O)C(C)Br)C1. The maximum Gasteiger partial charge on any atom is 0.233 e. The Morgan fingerprint density at radius 3 is 2.93 bits per heavy atom. The number of rotatable bonds is 3. The van der Waals surface area contributed by atoms with Gasteiger partial charge < -0.3 is 10.4 Å². The van der Waals surface area contributed by atoms with E-state index in [0.717, 1.165) is 19.3 Å². The molecule has 15 heavy (non-hydrogen) atoms. The van der Waals surface area contributed by atoms with Crippen LogP contribution in [0.25, 0.3) is 0 Å². The van der Waals surface area contributed by atoms with E-state index in [9.17, 15) is 9.90 Å². The summed E-state index contributed by atoms with van der Waals surface area (Å²) in [5, 5.41) is 13.0. The van der Waals surface area contributed by atoms with Crippen molar-refractivity contribution in [2.75, 3.05) is 6.54 Å². The van der Waals surface area contributed by atoms with Crippen LogP contribution in [0.1, 0.15) is 39.5 Å². The molecule has 1 aliphatic carbocycles. The normalized spacial score (nSPS) is 33.5. The number of amides is 1. The van der Waals surface area contributed by atoms with Gasteiger partial charge in [-0.15, -0.1) is 0 Å². The van der Waals surface area contributed by atoms with Gasteiger partial charge in [0.05, 0.1) is 10.4 Å². The molecule has 3 atom stereocenters. The van der Waals surface area contributed by atoms with Crippen molar-refractivity contribution in [2.24, 2.45) is 5.92 Å². The molecule has 1 amide bonds. The van der Waals surface area contributed by atoms with E-state index in [4.69, 9.17) is 0 Å². The zero-order valence-corrected chi connectivity index (χ0v) is 11.0. The van der Waals surface area contributed by atoms with Gasteiger partial charge in [0.2, 0.25) is 5.91 Å². The monoisotopic (exact) mass is 277 g/mol. The number of nitrogens with one attached hydrogen (secondary N) is 1. The van der Waals surface area contributed by atoms with Crippen LogP contribution in [0.4, 0.5) is 0 Å². The lowest BCUT2D eigenvalue weighted by molar-refractivity contribution is -0.122. The molecule has 1 rings (SSSR count). The molecule has 2 N–H and O–H groups in total. The lowest BCUT2D eigenvalue weighted by Crippen LogP contribution is -2.47. The van der Waals surface area contributed by atoms with Crippen LogP contribution in [0.5, 0.6) is 0 Å². The van der Waals surface area contributed by atoms with Gasteiger partial charge in [0.15, 0.2) is 0 Å². The first-order chi connectivity index (χ1) is 6.93. The Morgan fingerprint density at radius 2 is 2.40 bits per heavy atom. The second-order valence-electron chi connectivity index (χ2n) is 4.76. The summed E-state index contributed by atoms with van der Waals surface area (Å²) in [7, 11) is 0. The van der Waals surface area contributed by atoms with Gasteiger partial charge in [-0.3, -0.25) is 4.79 Å². The minimum atomic E-state index is -0.685. The van der Waals surface area contributed by atoms with Crippen LogP contribution in [0.15, 0.2) is 0 Å². The number of hydrogen-bond donors (Lipinski definition) is 2. The molecule has 3 unspecified atom stereocenters. The Kier molecular flexibility index (Phi) is 4.59. The van der Waals surface area contributed by atoms with Gasteiger partial charge in [-0.05, 0) is 25.7 Å². The minimum Gasteiger partial charge on any atom is -0.388 e. The first kappa shape index (κ1) is 13.0. The van der Waals surface area contributed by atoms with Gasteiger partial charge >= 0.3 is 0 Å². The van der Waals surface area contributed by atoms with Crippen LogP contribution in [-0.2, 0) is 4.79 Å². The molecule has 1 aliphatic rings. The van der Waals surface area contributed by atoms with E-state index in [1.54, 1.807) is 6.92 Å². The van der Waals surface area contributed by atoms with Crippen molar-refractivity contribution in [3.05, 3.63) is 0 Å². The van der Waals surface area contributed by atoms with Crippen molar-refractivity contribution in [1.82, 2.24) is 5.32 Å². The van der Waals surface area contributed by atoms with Crippen LogP contribution >= 0.6 is 15.9 Å². The fourth-order valence-electron chi connectivity index (χ4n) is 2.19. The van der Waals surface area contributed by atoms with E-state index >= 15 is 0 Å². The second kappa shape index (κ2) is 5.30. The van der Waals surface area contributed by atoms with Gasteiger partial charge in [0.25, 0.3) is 0 Å². The summed E-state index contributed by atoms with van der Waals surface area (Å²) >= 11 is 3.20. The summed E-state index contributed by atoms with van der Waals surface area (Å²) in [6, 6.07) is 0. The van der Waals surface area contributed by atoms with E-state index in [1.807, 2.05) is 0 Å². The van der Waals surface area contributed by atoms with Crippen molar-refractivity contribution in [1.29, 1.82) is 0 Å². The lowest BCUT2D eigenvalue weighted by Gasteiger charge is -2.35. The highest BCUT2D eigenvalue weighted by atomic mass is 79.9. The minimum absolute atomic E-state index is 0.0540. The van der Waals surface area contributed by atoms with Crippen LogP contribution < -0.4 is 5.32 Å².